The van der Waals surface area contributed by atoms with E-state index in [0.717, 1.165) is 28.1 Å². The normalized spacial score (nSPS) is 11.8. The summed E-state index contributed by atoms with van der Waals surface area (Å²) in [5.74, 6) is 1.26. The van der Waals surface area contributed by atoms with Crippen molar-refractivity contribution >= 4 is 41.6 Å². The van der Waals surface area contributed by atoms with Crippen LogP contribution in [0.4, 0.5) is 0 Å². The molecular weight excluding hydrogens is 470 g/mol. The monoisotopic (exact) mass is 491 g/mol. The molecule has 1 N–H and O–H groups in total. The number of aromatic nitrogens is 3. The summed E-state index contributed by atoms with van der Waals surface area (Å²) in [5.41, 5.74) is 6.30. The van der Waals surface area contributed by atoms with Crippen LogP contribution in [0.1, 0.15) is 18.2 Å². The molecule has 172 valence electrons. The highest BCUT2D eigenvalue weighted by atomic mass is 35.5. The largest absolute Gasteiger partial charge is 0.465 e. The molecule has 0 radical (unpaired) electrons. The zero-order chi connectivity index (χ0) is 23.9. The van der Waals surface area contributed by atoms with Crippen molar-refractivity contribution in [2.45, 2.75) is 19.0 Å². The Hall–Kier alpha value is -3.62. The van der Waals surface area contributed by atoms with Crippen molar-refractivity contribution in [1.29, 1.82) is 0 Å². The van der Waals surface area contributed by atoms with Gasteiger partial charge in [-0.15, -0.1) is 10.2 Å². The minimum Gasteiger partial charge on any atom is -0.465 e. The summed E-state index contributed by atoms with van der Waals surface area (Å²) in [6, 6.07) is 19.1. The van der Waals surface area contributed by atoms with E-state index in [0.29, 0.717) is 16.0 Å². The fourth-order valence-electron chi connectivity index (χ4n) is 3.08. The van der Waals surface area contributed by atoms with E-state index in [4.69, 9.17) is 16.0 Å². The second kappa shape index (κ2) is 11.0. The Kier molecular flexibility index (Phi) is 7.61. The maximum atomic E-state index is 12.4. The summed E-state index contributed by atoms with van der Waals surface area (Å²) in [6.45, 7) is 3.90. The number of nitrogens with one attached hydrogen (secondary N) is 1. The molecule has 9 heteroatoms. The van der Waals surface area contributed by atoms with Gasteiger partial charge in [-0.3, -0.25) is 9.36 Å². The Labute approximate surface area is 206 Å². The van der Waals surface area contributed by atoms with Crippen molar-refractivity contribution in [1.82, 2.24) is 20.2 Å². The molecular formula is C25H22ClN5O2S. The molecule has 34 heavy (non-hydrogen) atoms. The molecule has 1 amide bonds. The predicted molar refractivity (Wildman–Crippen MR) is 136 cm³/mol. The third-order valence-electron chi connectivity index (χ3n) is 4.73. The maximum Gasteiger partial charge on any atom is 0.250 e. The lowest BCUT2D eigenvalue weighted by molar-refractivity contribution is -0.118. The molecule has 0 saturated heterocycles. The SMILES string of the molecule is CC(/C=N\NC(=O)CSc1nnc(-c2ccc(Cl)cc2)n1-c1ccc(C)cc1)=C\c1ccco1. The van der Waals surface area contributed by atoms with Crippen LogP contribution in [0.5, 0.6) is 0 Å². The van der Waals surface area contributed by atoms with Crippen molar-refractivity contribution in [2.75, 3.05) is 5.75 Å². The fraction of sp³-hybridized carbons (Fsp3) is 0.120. The summed E-state index contributed by atoms with van der Waals surface area (Å²) in [4.78, 5) is 12.4. The lowest BCUT2D eigenvalue weighted by Gasteiger charge is -2.10. The highest BCUT2D eigenvalue weighted by Gasteiger charge is 2.17. The van der Waals surface area contributed by atoms with Crippen LogP contribution in [0.15, 0.2) is 87.2 Å². The summed E-state index contributed by atoms with van der Waals surface area (Å²) < 4.78 is 7.19. The third kappa shape index (κ3) is 6.03. The van der Waals surface area contributed by atoms with Gasteiger partial charge in [-0.2, -0.15) is 5.10 Å². The molecule has 2 aromatic heterocycles. The molecule has 0 bridgehead atoms. The molecule has 0 aliphatic rings. The van der Waals surface area contributed by atoms with Crippen LogP contribution in [0.3, 0.4) is 0 Å². The van der Waals surface area contributed by atoms with Gasteiger partial charge in [0.15, 0.2) is 11.0 Å². The number of carbonyl (C=O) groups excluding carboxylic acids is 1. The number of hydrogen-bond donors (Lipinski definition) is 1. The zero-order valence-electron chi connectivity index (χ0n) is 18.6. The topological polar surface area (TPSA) is 85.3 Å². The van der Waals surface area contributed by atoms with Crippen LogP contribution in [0, 0.1) is 6.92 Å². The summed E-state index contributed by atoms with van der Waals surface area (Å²) in [7, 11) is 0. The average Bonchev–Trinajstić information content (AvgIpc) is 3.49. The van der Waals surface area contributed by atoms with Gasteiger partial charge in [-0.05, 0) is 74.0 Å². The van der Waals surface area contributed by atoms with Crippen molar-refractivity contribution in [3.63, 3.8) is 0 Å². The van der Waals surface area contributed by atoms with Crippen LogP contribution in [-0.4, -0.2) is 32.6 Å². The van der Waals surface area contributed by atoms with E-state index in [2.05, 4.69) is 20.7 Å². The van der Waals surface area contributed by atoms with Crippen molar-refractivity contribution in [2.24, 2.45) is 5.10 Å². The molecule has 0 aliphatic carbocycles. The molecule has 0 saturated carbocycles. The molecule has 0 spiro atoms. The lowest BCUT2D eigenvalue weighted by atomic mass is 10.2. The highest BCUT2D eigenvalue weighted by Crippen LogP contribution is 2.28. The van der Waals surface area contributed by atoms with Gasteiger partial charge in [0.05, 0.1) is 18.2 Å². The minimum absolute atomic E-state index is 0.128. The molecule has 2 heterocycles. The zero-order valence-corrected chi connectivity index (χ0v) is 20.2. The molecule has 0 unspecified atom stereocenters. The van der Waals surface area contributed by atoms with E-state index in [1.165, 1.54) is 11.8 Å². The fourth-order valence-corrected chi connectivity index (χ4v) is 3.95. The van der Waals surface area contributed by atoms with E-state index >= 15 is 0 Å². The second-order valence-electron chi connectivity index (χ2n) is 7.47. The molecule has 0 aliphatic heterocycles. The number of thioether (sulfide) groups is 1. The predicted octanol–water partition coefficient (Wildman–Crippen LogP) is 5.79. The van der Waals surface area contributed by atoms with E-state index in [9.17, 15) is 4.79 Å². The Morgan fingerprint density at radius 2 is 1.91 bits per heavy atom. The number of furan rings is 1. The highest BCUT2D eigenvalue weighted by molar-refractivity contribution is 7.99. The van der Waals surface area contributed by atoms with Gasteiger partial charge < -0.3 is 4.42 Å². The van der Waals surface area contributed by atoms with Crippen LogP contribution >= 0.6 is 23.4 Å². The Morgan fingerprint density at radius 1 is 1.15 bits per heavy atom. The van der Waals surface area contributed by atoms with Crippen molar-refractivity contribution in [3.8, 4) is 17.1 Å². The Morgan fingerprint density at radius 3 is 2.62 bits per heavy atom. The molecule has 2 aromatic carbocycles. The van der Waals surface area contributed by atoms with Gasteiger partial charge in [0, 0.05) is 16.3 Å². The quantitative estimate of drug-likeness (QED) is 0.191. The van der Waals surface area contributed by atoms with Crippen molar-refractivity contribution in [3.05, 3.63) is 88.8 Å². The molecule has 0 fully saturated rings. The van der Waals surface area contributed by atoms with Gasteiger partial charge in [0.2, 0.25) is 0 Å². The number of hydrazone groups is 1. The molecule has 0 atom stereocenters. The Balaban J connectivity index is 1.48. The first kappa shape index (κ1) is 23.5. The smallest absolute Gasteiger partial charge is 0.250 e. The number of carbonyl (C=O) groups is 1. The van der Waals surface area contributed by atoms with Gasteiger partial charge in [-0.1, -0.05) is 41.1 Å². The first-order valence-electron chi connectivity index (χ1n) is 10.4. The van der Waals surface area contributed by atoms with Crippen LogP contribution in [-0.2, 0) is 4.79 Å². The van der Waals surface area contributed by atoms with E-state index in [1.807, 2.05) is 85.2 Å². The average molecular weight is 492 g/mol. The standard InChI is InChI=1S/C25H22ClN5O2S/c1-17-5-11-21(12-6-17)31-24(19-7-9-20(26)10-8-19)29-30-25(31)34-16-23(32)28-27-15-18(2)14-22-4-3-13-33-22/h3-15H,16H2,1-2H3,(H,28,32)/b18-14+,27-15-. The van der Waals surface area contributed by atoms with E-state index in [1.54, 1.807) is 12.5 Å². The van der Waals surface area contributed by atoms with Gasteiger partial charge in [0.1, 0.15) is 5.76 Å². The third-order valence-corrected chi connectivity index (χ3v) is 5.91. The summed E-state index contributed by atoms with van der Waals surface area (Å²) in [6.07, 6.45) is 4.99. The lowest BCUT2D eigenvalue weighted by Crippen LogP contribution is -2.20. The number of nitrogens with zero attached hydrogens (tertiary/aromatic N) is 4. The number of allylic oxidation sites excluding steroid dienone is 1. The van der Waals surface area contributed by atoms with Crippen LogP contribution < -0.4 is 5.43 Å². The molecule has 4 rings (SSSR count). The summed E-state index contributed by atoms with van der Waals surface area (Å²) >= 11 is 7.33. The van der Waals surface area contributed by atoms with E-state index < -0.39 is 0 Å². The van der Waals surface area contributed by atoms with Gasteiger partial charge in [0.25, 0.3) is 5.91 Å². The maximum absolute atomic E-state index is 12.4. The van der Waals surface area contributed by atoms with Crippen LogP contribution in [0.25, 0.3) is 23.2 Å². The number of rotatable bonds is 8. The van der Waals surface area contributed by atoms with Crippen LogP contribution in [0.2, 0.25) is 5.02 Å². The minimum atomic E-state index is -0.251. The number of hydrogen-bond acceptors (Lipinski definition) is 6. The molecule has 7 nitrogen and oxygen atoms in total. The van der Waals surface area contributed by atoms with E-state index in [-0.39, 0.29) is 11.7 Å². The van der Waals surface area contributed by atoms with Crippen molar-refractivity contribution < 1.29 is 9.21 Å². The first-order valence-corrected chi connectivity index (χ1v) is 11.8. The number of aryl methyl sites for hydroxylation is 1. The second-order valence-corrected chi connectivity index (χ2v) is 8.85. The first-order chi connectivity index (χ1) is 16.5. The van der Waals surface area contributed by atoms with Gasteiger partial charge in [-0.25, -0.2) is 5.43 Å². The number of halogens is 1. The Bertz CT molecular complexity index is 1310. The molecule has 4 aromatic rings. The van der Waals surface area contributed by atoms with Gasteiger partial charge >= 0.3 is 0 Å². The number of amides is 1. The summed E-state index contributed by atoms with van der Waals surface area (Å²) in [5, 5.41) is 14.0. The number of benzene rings is 2.